The zero-order valence-corrected chi connectivity index (χ0v) is 13.9. The average Bonchev–Trinajstić information content (AvgIpc) is 2.67. The lowest BCUT2D eigenvalue weighted by Crippen LogP contribution is -2.42. The molecule has 1 aromatic heterocycles. The molecule has 0 saturated carbocycles. The van der Waals surface area contributed by atoms with E-state index >= 15 is 0 Å². The van der Waals surface area contributed by atoms with Crippen molar-refractivity contribution in [3.8, 4) is 0 Å². The topological polar surface area (TPSA) is 92.6 Å². The second-order valence-corrected chi connectivity index (χ2v) is 5.80. The van der Waals surface area contributed by atoms with Crippen LogP contribution in [0.1, 0.15) is 45.1 Å². The molecule has 130 valence electrons. The number of aromatic carboxylic acids is 1. The van der Waals surface area contributed by atoms with Gasteiger partial charge >= 0.3 is 5.97 Å². The van der Waals surface area contributed by atoms with Crippen LogP contribution in [0, 0.1) is 0 Å². The van der Waals surface area contributed by atoms with Gasteiger partial charge in [-0.2, -0.15) is 0 Å². The number of amides is 1. The number of carbonyl (C=O) groups excluding carboxylic acids is 1. The number of hydrogen-bond donors (Lipinski definition) is 1. The molecule has 1 aliphatic rings. The third-order valence-electron chi connectivity index (χ3n) is 4.20. The standard InChI is InChI=1S/C18H19N3O4/c1-2-12-3-5-13(6-4-12)16-11-21(7-8-25-16)17(22)14-9-20-15(10-19-14)18(23)24/h3-6,9-10,16H,2,7-8,11H2,1H3,(H,23,24). The monoisotopic (exact) mass is 341 g/mol. The van der Waals surface area contributed by atoms with Crippen LogP contribution in [0.2, 0.25) is 0 Å². The van der Waals surface area contributed by atoms with Crippen molar-refractivity contribution in [1.29, 1.82) is 0 Å². The van der Waals surface area contributed by atoms with Gasteiger partial charge in [0, 0.05) is 6.54 Å². The highest BCUT2D eigenvalue weighted by molar-refractivity contribution is 5.92. The van der Waals surface area contributed by atoms with Crippen LogP contribution in [0.25, 0.3) is 0 Å². The molecule has 0 aliphatic carbocycles. The minimum Gasteiger partial charge on any atom is -0.476 e. The summed E-state index contributed by atoms with van der Waals surface area (Å²) in [6.07, 6.45) is 3.08. The highest BCUT2D eigenvalue weighted by Gasteiger charge is 2.27. The maximum Gasteiger partial charge on any atom is 0.356 e. The third kappa shape index (κ3) is 3.83. The van der Waals surface area contributed by atoms with Gasteiger partial charge in [-0.25, -0.2) is 14.8 Å². The number of nitrogens with zero attached hydrogens (tertiary/aromatic N) is 3. The Morgan fingerprint density at radius 2 is 1.88 bits per heavy atom. The molecule has 7 heteroatoms. The molecule has 1 aliphatic heterocycles. The summed E-state index contributed by atoms with van der Waals surface area (Å²) < 4.78 is 5.80. The summed E-state index contributed by atoms with van der Waals surface area (Å²) >= 11 is 0. The number of morpholine rings is 1. The van der Waals surface area contributed by atoms with Crippen molar-refractivity contribution in [1.82, 2.24) is 14.9 Å². The molecule has 7 nitrogen and oxygen atoms in total. The number of benzene rings is 1. The molecule has 2 aromatic rings. The molecule has 1 unspecified atom stereocenters. The highest BCUT2D eigenvalue weighted by atomic mass is 16.5. The van der Waals surface area contributed by atoms with Crippen LogP contribution in [0.5, 0.6) is 0 Å². The van der Waals surface area contributed by atoms with Crippen LogP contribution in [-0.2, 0) is 11.2 Å². The number of carboxylic acids is 1. The van der Waals surface area contributed by atoms with Crippen LogP contribution < -0.4 is 0 Å². The summed E-state index contributed by atoms with van der Waals surface area (Å²) in [5, 5.41) is 8.85. The Morgan fingerprint density at radius 3 is 2.48 bits per heavy atom. The zero-order chi connectivity index (χ0) is 17.8. The number of carbonyl (C=O) groups is 2. The number of rotatable bonds is 4. The summed E-state index contributed by atoms with van der Waals surface area (Å²) in [5.41, 5.74) is 2.22. The Bertz CT molecular complexity index is 759. The maximum absolute atomic E-state index is 12.6. The first-order chi connectivity index (χ1) is 12.1. The highest BCUT2D eigenvalue weighted by Crippen LogP contribution is 2.23. The van der Waals surface area contributed by atoms with Crippen molar-refractivity contribution in [2.24, 2.45) is 0 Å². The van der Waals surface area contributed by atoms with Crippen LogP contribution in [-0.4, -0.2) is 51.5 Å². The Labute approximate surface area is 145 Å². The van der Waals surface area contributed by atoms with Gasteiger partial charge in [0.2, 0.25) is 0 Å². The van der Waals surface area contributed by atoms with Gasteiger partial charge in [-0.1, -0.05) is 31.2 Å². The molecule has 1 fully saturated rings. The fourth-order valence-corrected chi connectivity index (χ4v) is 2.71. The van der Waals surface area contributed by atoms with Crippen molar-refractivity contribution in [2.45, 2.75) is 19.4 Å². The zero-order valence-electron chi connectivity index (χ0n) is 13.9. The SMILES string of the molecule is CCc1ccc(C2CN(C(=O)c3cnc(C(=O)O)cn3)CCO2)cc1. The lowest BCUT2D eigenvalue weighted by molar-refractivity contribution is -0.0230. The summed E-state index contributed by atoms with van der Waals surface area (Å²) in [6.45, 7) is 3.42. The number of ether oxygens (including phenoxy) is 1. The second kappa shape index (κ2) is 7.40. The number of hydrogen-bond acceptors (Lipinski definition) is 5. The van der Waals surface area contributed by atoms with E-state index in [-0.39, 0.29) is 23.4 Å². The van der Waals surface area contributed by atoms with E-state index in [0.717, 1.165) is 18.2 Å². The minimum atomic E-state index is -1.17. The molecule has 0 bridgehead atoms. The first-order valence-electron chi connectivity index (χ1n) is 8.13. The minimum absolute atomic E-state index is 0.131. The third-order valence-corrected chi connectivity index (χ3v) is 4.20. The van der Waals surface area contributed by atoms with E-state index in [1.165, 1.54) is 11.8 Å². The molecular weight excluding hydrogens is 322 g/mol. The number of aromatic nitrogens is 2. The van der Waals surface area contributed by atoms with Gasteiger partial charge in [0.1, 0.15) is 11.8 Å². The van der Waals surface area contributed by atoms with Crippen molar-refractivity contribution >= 4 is 11.9 Å². The average molecular weight is 341 g/mol. The molecule has 1 amide bonds. The van der Waals surface area contributed by atoms with Crippen LogP contribution >= 0.6 is 0 Å². The Hall–Kier alpha value is -2.80. The van der Waals surface area contributed by atoms with Crippen LogP contribution in [0.4, 0.5) is 0 Å². The van der Waals surface area contributed by atoms with Gasteiger partial charge in [0.15, 0.2) is 5.69 Å². The van der Waals surface area contributed by atoms with E-state index in [0.29, 0.717) is 19.7 Å². The van der Waals surface area contributed by atoms with Crippen LogP contribution in [0.3, 0.4) is 0 Å². The molecule has 1 atom stereocenters. The fourth-order valence-electron chi connectivity index (χ4n) is 2.71. The van der Waals surface area contributed by atoms with Gasteiger partial charge in [0.25, 0.3) is 5.91 Å². The summed E-state index contributed by atoms with van der Waals surface area (Å²) in [4.78, 5) is 32.7. The van der Waals surface area contributed by atoms with E-state index in [1.807, 2.05) is 12.1 Å². The summed E-state index contributed by atoms with van der Waals surface area (Å²) in [6, 6.07) is 8.18. The van der Waals surface area contributed by atoms with E-state index in [1.54, 1.807) is 4.90 Å². The van der Waals surface area contributed by atoms with Gasteiger partial charge in [-0.05, 0) is 17.5 Å². The van der Waals surface area contributed by atoms with Crippen molar-refractivity contribution in [3.63, 3.8) is 0 Å². The lowest BCUT2D eigenvalue weighted by atomic mass is 10.0. The van der Waals surface area contributed by atoms with Crippen LogP contribution in [0.15, 0.2) is 36.7 Å². The number of aryl methyl sites for hydroxylation is 1. The van der Waals surface area contributed by atoms with E-state index in [9.17, 15) is 9.59 Å². The first kappa shape index (κ1) is 17.0. The Morgan fingerprint density at radius 1 is 1.20 bits per heavy atom. The van der Waals surface area contributed by atoms with Crippen molar-refractivity contribution in [3.05, 3.63) is 59.2 Å². The summed E-state index contributed by atoms with van der Waals surface area (Å²) in [7, 11) is 0. The predicted molar refractivity (Wildman–Crippen MR) is 89.4 cm³/mol. The summed E-state index contributed by atoms with van der Waals surface area (Å²) in [5.74, 6) is -1.45. The maximum atomic E-state index is 12.6. The van der Waals surface area contributed by atoms with Gasteiger partial charge in [0.05, 0.1) is 25.5 Å². The van der Waals surface area contributed by atoms with Gasteiger partial charge in [-0.15, -0.1) is 0 Å². The largest absolute Gasteiger partial charge is 0.476 e. The lowest BCUT2D eigenvalue weighted by Gasteiger charge is -2.33. The van der Waals surface area contributed by atoms with Crippen molar-refractivity contribution in [2.75, 3.05) is 19.7 Å². The van der Waals surface area contributed by atoms with Crippen molar-refractivity contribution < 1.29 is 19.4 Å². The first-order valence-corrected chi connectivity index (χ1v) is 8.13. The molecule has 3 rings (SSSR count). The number of carboxylic acid groups (broad SMARTS) is 1. The second-order valence-electron chi connectivity index (χ2n) is 5.80. The Kier molecular flexibility index (Phi) is 5.04. The smallest absolute Gasteiger partial charge is 0.356 e. The fraction of sp³-hybridized carbons (Fsp3) is 0.333. The molecular formula is C18H19N3O4. The predicted octanol–water partition coefficient (Wildman–Crippen LogP) is 1.95. The molecule has 0 spiro atoms. The normalized spacial score (nSPS) is 17.3. The quantitative estimate of drug-likeness (QED) is 0.914. The molecule has 1 aromatic carbocycles. The van der Waals surface area contributed by atoms with Gasteiger partial charge < -0.3 is 14.7 Å². The molecule has 2 heterocycles. The van der Waals surface area contributed by atoms with E-state index in [4.69, 9.17) is 9.84 Å². The Balaban J connectivity index is 1.71. The van der Waals surface area contributed by atoms with Gasteiger partial charge in [-0.3, -0.25) is 4.79 Å². The molecule has 0 radical (unpaired) electrons. The van der Waals surface area contributed by atoms with E-state index in [2.05, 4.69) is 29.0 Å². The molecule has 25 heavy (non-hydrogen) atoms. The molecule has 1 saturated heterocycles. The molecule has 1 N–H and O–H groups in total. The van der Waals surface area contributed by atoms with E-state index < -0.39 is 5.97 Å².